The van der Waals surface area contributed by atoms with E-state index in [0.29, 0.717) is 72.8 Å². The van der Waals surface area contributed by atoms with Gasteiger partial charge in [-0.3, -0.25) is 19.3 Å². The summed E-state index contributed by atoms with van der Waals surface area (Å²) >= 11 is 0. The molecule has 2 aromatic rings. The number of amides is 3. The molecule has 0 aliphatic carbocycles. The van der Waals surface area contributed by atoms with E-state index in [9.17, 15) is 14.4 Å². The molecule has 2 aliphatic heterocycles. The summed E-state index contributed by atoms with van der Waals surface area (Å²) in [5.41, 5.74) is 2.22. The van der Waals surface area contributed by atoms with Gasteiger partial charge in [0.15, 0.2) is 11.5 Å². The number of hydrogen-bond donors (Lipinski definition) is 1. The quantitative estimate of drug-likeness (QED) is 0.495. The van der Waals surface area contributed by atoms with E-state index in [-0.39, 0.29) is 17.7 Å². The molecule has 2 aliphatic rings. The van der Waals surface area contributed by atoms with Gasteiger partial charge in [0.1, 0.15) is 6.17 Å². The minimum Gasteiger partial charge on any atom is -0.493 e. The highest BCUT2D eigenvalue weighted by Crippen LogP contribution is 2.49. The Balaban J connectivity index is 1.55. The van der Waals surface area contributed by atoms with E-state index in [0.717, 1.165) is 6.42 Å². The number of nitrogens with one attached hydrogen (secondary N) is 1. The predicted molar refractivity (Wildman–Crippen MR) is 130 cm³/mol. The lowest BCUT2D eigenvalue weighted by Crippen LogP contribution is -2.48. The predicted octanol–water partition coefficient (Wildman–Crippen LogP) is 3.14. The van der Waals surface area contributed by atoms with Crippen LogP contribution in [0.15, 0.2) is 36.4 Å². The number of carbonyl (C=O) groups excluding carboxylic acids is 3. The summed E-state index contributed by atoms with van der Waals surface area (Å²) in [7, 11) is 4.63. The van der Waals surface area contributed by atoms with Crippen LogP contribution in [0.4, 0.5) is 5.69 Å². The number of ether oxygens (including phenoxy) is 3. The molecule has 0 spiro atoms. The zero-order valence-corrected chi connectivity index (χ0v) is 20.3. The normalized spacial score (nSPS) is 16.0. The van der Waals surface area contributed by atoms with Crippen LogP contribution in [0.25, 0.3) is 0 Å². The molecule has 0 saturated carbocycles. The highest BCUT2D eigenvalue weighted by Gasteiger charge is 2.49. The van der Waals surface area contributed by atoms with Crippen LogP contribution in [0, 0.1) is 0 Å². The number of anilines is 1. The average molecular weight is 482 g/mol. The van der Waals surface area contributed by atoms with E-state index in [4.69, 9.17) is 14.2 Å². The van der Waals surface area contributed by atoms with Crippen LogP contribution >= 0.6 is 0 Å². The maximum Gasteiger partial charge on any atom is 0.264 e. The Hall–Kier alpha value is -3.59. The van der Waals surface area contributed by atoms with Crippen molar-refractivity contribution in [3.63, 3.8) is 0 Å². The van der Waals surface area contributed by atoms with Crippen molar-refractivity contribution >= 4 is 23.4 Å². The molecule has 0 radical (unpaired) electrons. The van der Waals surface area contributed by atoms with E-state index < -0.39 is 6.17 Å². The number of para-hydroxylation sites is 1. The molecule has 186 valence electrons. The van der Waals surface area contributed by atoms with Crippen LogP contribution in [0.1, 0.15) is 58.1 Å². The second kappa shape index (κ2) is 10.8. The van der Waals surface area contributed by atoms with Crippen molar-refractivity contribution in [2.24, 2.45) is 0 Å². The average Bonchev–Trinajstić information content (AvgIpc) is 3.17. The van der Waals surface area contributed by atoms with Crippen LogP contribution in [-0.2, 0) is 9.53 Å². The molecule has 2 aromatic carbocycles. The fraction of sp³-hybridized carbons (Fsp3) is 0.423. The summed E-state index contributed by atoms with van der Waals surface area (Å²) in [5, 5.41) is 2.81. The summed E-state index contributed by atoms with van der Waals surface area (Å²) in [6, 6.07) is 10.8. The van der Waals surface area contributed by atoms with Crippen LogP contribution in [-0.4, -0.2) is 63.6 Å². The molecule has 9 heteroatoms. The lowest BCUT2D eigenvalue weighted by molar-refractivity contribution is -0.121. The fourth-order valence-corrected chi connectivity index (χ4v) is 4.78. The number of hydrogen-bond acceptors (Lipinski definition) is 6. The lowest BCUT2D eigenvalue weighted by atomic mass is 10.0. The SMILES string of the molecule is COCCNC(=O)CCCCCN1C(=O)c2ccccc2N2C(=O)c3c(ccc(OC)c3OC)[C@H]12. The molecule has 0 unspecified atom stereocenters. The van der Waals surface area contributed by atoms with Crippen molar-refractivity contribution in [1.29, 1.82) is 0 Å². The van der Waals surface area contributed by atoms with Gasteiger partial charge in [0.2, 0.25) is 5.91 Å². The van der Waals surface area contributed by atoms with Gasteiger partial charge in [0.25, 0.3) is 11.8 Å². The Morgan fingerprint density at radius 3 is 2.51 bits per heavy atom. The van der Waals surface area contributed by atoms with Crippen molar-refractivity contribution in [3.8, 4) is 11.5 Å². The number of fused-ring (bicyclic) bond motifs is 5. The van der Waals surface area contributed by atoms with Gasteiger partial charge in [-0.05, 0) is 31.0 Å². The summed E-state index contributed by atoms with van der Waals surface area (Å²) in [6.07, 6.45) is 2.07. The monoisotopic (exact) mass is 481 g/mol. The Labute approximate surface area is 204 Å². The van der Waals surface area contributed by atoms with E-state index in [1.807, 2.05) is 12.1 Å². The second-order valence-electron chi connectivity index (χ2n) is 8.48. The second-order valence-corrected chi connectivity index (χ2v) is 8.48. The third-order valence-corrected chi connectivity index (χ3v) is 6.41. The topological polar surface area (TPSA) is 97.4 Å². The van der Waals surface area contributed by atoms with E-state index in [1.54, 1.807) is 41.2 Å². The summed E-state index contributed by atoms with van der Waals surface area (Å²) in [4.78, 5) is 42.5. The Bertz CT molecular complexity index is 1120. The fourth-order valence-electron chi connectivity index (χ4n) is 4.78. The van der Waals surface area contributed by atoms with E-state index in [2.05, 4.69) is 5.32 Å². The molecule has 0 aromatic heterocycles. The zero-order valence-electron chi connectivity index (χ0n) is 20.3. The van der Waals surface area contributed by atoms with Gasteiger partial charge >= 0.3 is 0 Å². The molecule has 4 rings (SSSR count). The maximum absolute atomic E-state index is 13.7. The molecule has 35 heavy (non-hydrogen) atoms. The van der Waals surface area contributed by atoms with Crippen molar-refractivity contribution < 1.29 is 28.6 Å². The number of unbranched alkanes of at least 4 members (excludes halogenated alkanes) is 2. The minimum absolute atomic E-state index is 0.00689. The summed E-state index contributed by atoms with van der Waals surface area (Å²) < 4.78 is 15.9. The van der Waals surface area contributed by atoms with Crippen LogP contribution in [0.2, 0.25) is 0 Å². The number of methoxy groups -OCH3 is 3. The van der Waals surface area contributed by atoms with Crippen LogP contribution < -0.4 is 19.7 Å². The molecule has 9 nitrogen and oxygen atoms in total. The highest BCUT2D eigenvalue weighted by atomic mass is 16.5. The molecule has 0 bridgehead atoms. The molecule has 0 fully saturated rings. The maximum atomic E-state index is 13.7. The molecule has 2 heterocycles. The van der Waals surface area contributed by atoms with E-state index >= 15 is 0 Å². The Kier molecular flexibility index (Phi) is 7.55. The molecular formula is C26H31N3O6. The Morgan fingerprint density at radius 2 is 1.77 bits per heavy atom. The largest absolute Gasteiger partial charge is 0.493 e. The third-order valence-electron chi connectivity index (χ3n) is 6.41. The van der Waals surface area contributed by atoms with Crippen molar-refractivity contribution in [2.75, 3.05) is 45.9 Å². The van der Waals surface area contributed by atoms with Gasteiger partial charge in [0, 0.05) is 32.2 Å². The summed E-state index contributed by atoms with van der Waals surface area (Å²) in [6.45, 7) is 1.44. The van der Waals surface area contributed by atoms with Gasteiger partial charge in [-0.15, -0.1) is 0 Å². The van der Waals surface area contributed by atoms with Crippen molar-refractivity contribution in [2.45, 2.75) is 31.8 Å². The third kappa shape index (κ3) is 4.55. The molecular weight excluding hydrogens is 450 g/mol. The summed E-state index contributed by atoms with van der Waals surface area (Å²) in [5.74, 6) is 0.490. The van der Waals surface area contributed by atoms with Crippen LogP contribution in [0.5, 0.6) is 11.5 Å². The first kappa shape index (κ1) is 24.5. The number of carbonyl (C=O) groups is 3. The van der Waals surface area contributed by atoms with Crippen LogP contribution in [0.3, 0.4) is 0 Å². The zero-order chi connectivity index (χ0) is 24.9. The Morgan fingerprint density at radius 1 is 0.971 bits per heavy atom. The molecule has 0 saturated heterocycles. The first-order valence-electron chi connectivity index (χ1n) is 11.8. The number of benzene rings is 2. The smallest absolute Gasteiger partial charge is 0.264 e. The molecule has 3 amide bonds. The van der Waals surface area contributed by atoms with Gasteiger partial charge in [-0.2, -0.15) is 0 Å². The first-order chi connectivity index (χ1) is 17.0. The van der Waals surface area contributed by atoms with Crippen molar-refractivity contribution in [1.82, 2.24) is 10.2 Å². The van der Waals surface area contributed by atoms with E-state index in [1.165, 1.54) is 14.2 Å². The van der Waals surface area contributed by atoms with Crippen molar-refractivity contribution in [3.05, 3.63) is 53.1 Å². The number of nitrogens with zero attached hydrogens (tertiary/aromatic N) is 2. The first-order valence-corrected chi connectivity index (χ1v) is 11.8. The molecule has 1 N–H and O–H groups in total. The van der Waals surface area contributed by atoms with Gasteiger partial charge < -0.3 is 24.4 Å². The minimum atomic E-state index is -0.558. The lowest BCUT2D eigenvalue weighted by Gasteiger charge is -2.41. The van der Waals surface area contributed by atoms with Gasteiger partial charge in [0.05, 0.1) is 37.6 Å². The standard InChI is InChI=1S/C26H31N3O6/c1-33-16-14-27-21(30)11-5-4-8-15-28-24-18-12-13-20(34-2)23(35-3)22(18)26(32)29(24)19-10-7-6-9-17(19)25(28)31/h6-7,9-10,12-13,24H,4-5,8,11,14-16H2,1-3H3,(H,27,30)/t24-/m1/s1. The van der Waals surface area contributed by atoms with Gasteiger partial charge in [-0.1, -0.05) is 24.6 Å². The highest BCUT2D eigenvalue weighted by molar-refractivity contribution is 6.18. The molecule has 1 atom stereocenters. The number of rotatable bonds is 11. The van der Waals surface area contributed by atoms with Gasteiger partial charge in [-0.25, -0.2) is 0 Å².